The third-order valence-corrected chi connectivity index (χ3v) is 0.258. The number of nitrogens with zero attached hydrogens (tertiary/aromatic N) is 1. The zero-order valence-electron chi connectivity index (χ0n) is 7.63. The third-order valence-electron chi connectivity index (χ3n) is 0.258. The molecule has 0 radical (unpaired) electrons. The number of rotatable bonds is 1. The number of nitriles is 1. The van der Waals surface area contributed by atoms with Crippen molar-refractivity contribution in [2.75, 3.05) is 0 Å². The van der Waals surface area contributed by atoms with Gasteiger partial charge in [0.05, 0.1) is 6.07 Å². The molecule has 0 unspecified atom stereocenters. The third kappa shape index (κ3) is 11700. The Labute approximate surface area is 76.4 Å². The van der Waals surface area contributed by atoms with Gasteiger partial charge in [0.2, 0.25) is 0 Å². The Hall–Kier alpha value is -1.81. The molecule has 0 aliphatic carbocycles. The highest BCUT2D eigenvalue weighted by Crippen LogP contribution is 1.52. The van der Waals surface area contributed by atoms with Crippen LogP contribution in [0.15, 0.2) is 64.3 Å². The SMILES string of the molecule is C=C.C=C.C=CC#N.C=CC=C. The van der Waals surface area contributed by atoms with Crippen LogP contribution >= 0.6 is 0 Å². The van der Waals surface area contributed by atoms with Gasteiger partial charge >= 0.3 is 0 Å². The Morgan fingerprint density at radius 3 is 1.00 bits per heavy atom. The maximum atomic E-state index is 7.51. The van der Waals surface area contributed by atoms with Crippen molar-refractivity contribution in [2.24, 2.45) is 0 Å². The van der Waals surface area contributed by atoms with Crippen LogP contribution in [-0.4, -0.2) is 0 Å². The van der Waals surface area contributed by atoms with Crippen LogP contribution in [-0.2, 0) is 0 Å². The lowest BCUT2D eigenvalue weighted by Crippen LogP contribution is -1.23. The molecule has 0 aromatic carbocycles. The second-order valence-electron chi connectivity index (χ2n) is 0.805. The summed E-state index contributed by atoms with van der Waals surface area (Å²) in [6.45, 7) is 21.8. The summed E-state index contributed by atoms with van der Waals surface area (Å²) in [6.07, 6.45) is 4.46. The molecule has 0 aromatic heterocycles. The minimum atomic E-state index is 1.18. The summed E-state index contributed by atoms with van der Waals surface area (Å²) in [5.74, 6) is 0. The Morgan fingerprint density at radius 1 is 0.833 bits per heavy atom. The quantitative estimate of drug-likeness (QED) is 0.329. The summed E-state index contributed by atoms with van der Waals surface area (Å²) in [5, 5.41) is 7.51. The lowest BCUT2D eigenvalue weighted by atomic mass is 10.6. The lowest BCUT2D eigenvalue weighted by molar-refractivity contribution is 1.54. The molecular formula is C11H17N. The lowest BCUT2D eigenvalue weighted by Gasteiger charge is -1.44. The van der Waals surface area contributed by atoms with Gasteiger partial charge in [-0.1, -0.05) is 31.9 Å². The average molecular weight is 163 g/mol. The van der Waals surface area contributed by atoms with Gasteiger partial charge in [-0.3, -0.25) is 0 Å². The van der Waals surface area contributed by atoms with Crippen molar-refractivity contribution in [3.8, 4) is 6.07 Å². The summed E-state index contributed by atoms with van der Waals surface area (Å²) in [5.41, 5.74) is 0. The molecule has 0 aliphatic heterocycles. The summed E-state index contributed by atoms with van der Waals surface area (Å²) in [6, 6.07) is 1.69. The number of hydrogen-bond donors (Lipinski definition) is 0. The molecule has 1 heteroatoms. The molecule has 66 valence electrons. The first-order valence-electron chi connectivity index (χ1n) is 3.07. The average Bonchev–Trinajstić information content (AvgIpc) is 2.23. The molecule has 0 fully saturated rings. The van der Waals surface area contributed by atoms with Gasteiger partial charge < -0.3 is 0 Å². The summed E-state index contributed by atoms with van der Waals surface area (Å²) >= 11 is 0. The van der Waals surface area contributed by atoms with Crippen LogP contribution in [0, 0.1) is 11.3 Å². The van der Waals surface area contributed by atoms with Crippen molar-refractivity contribution in [1.82, 2.24) is 0 Å². The monoisotopic (exact) mass is 163 g/mol. The highest BCUT2D eigenvalue weighted by Gasteiger charge is 1.34. The van der Waals surface area contributed by atoms with Crippen LogP contribution in [0.3, 0.4) is 0 Å². The summed E-state index contributed by atoms with van der Waals surface area (Å²) < 4.78 is 0. The second-order valence-corrected chi connectivity index (χ2v) is 0.805. The highest BCUT2D eigenvalue weighted by molar-refractivity contribution is 4.93. The molecule has 12 heavy (non-hydrogen) atoms. The molecule has 0 saturated carbocycles. The van der Waals surface area contributed by atoms with E-state index in [-0.39, 0.29) is 0 Å². The van der Waals surface area contributed by atoms with Gasteiger partial charge in [-0.2, -0.15) is 5.26 Å². The van der Waals surface area contributed by atoms with E-state index in [0.29, 0.717) is 0 Å². The molecular weight excluding hydrogens is 146 g/mol. The molecule has 0 aromatic rings. The van der Waals surface area contributed by atoms with Crippen molar-refractivity contribution < 1.29 is 0 Å². The fraction of sp³-hybridized carbons (Fsp3) is 0. The van der Waals surface area contributed by atoms with Crippen molar-refractivity contribution in [2.45, 2.75) is 0 Å². The van der Waals surface area contributed by atoms with Crippen molar-refractivity contribution in [1.29, 1.82) is 5.26 Å². The molecule has 0 saturated heterocycles. The van der Waals surface area contributed by atoms with Crippen LogP contribution in [0.4, 0.5) is 0 Å². The van der Waals surface area contributed by atoms with Gasteiger partial charge in [0, 0.05) is 6.08 Å². The normalized spacial score (nSPS) is 3.58. The van der Waals surface area contributed by atoms with E-state index in [1.165, 1.54) is 6.08 Å². The van der Waals surface area contributed by atoms with Crippen LogP contribution < -0.4 is 0 Å². The van der Waals surface area contributed by atoms with E-state index < -0.39 is 0 Å². The minimum Gasteiger partial charge on any atom is -0.193 e. The first kappa shape index (κ1) is 22.5. The van der Waals surface area contributed by atoms with E-state index in [2.05, 4.69) is 46.1 Å². The van der Waals surface area contributed by atoms with Crippen molar-refractivity contribution >= 4 is 0 Å². The molecule has 0 atom stereocenters. The van der Waals surface area contributed by atoms with E-state index in [0.717, 1.165) is 0 Å². The molecule has 0 N–H and O–H groups in total. The topological polar surface area (TPSA) is 23.8 Å². The zero-order valence-corrected chi connectivity index (χ0v) is 7.63. The van der Waals surface area contributed by atoms with Gasteiger partial charge in [-0.25, -0.2) is 0 Å². The van der Waals surface area contributed by atoms with Gasteiger partial charge in [-0.05, 0) is 0 Å². The first-order valence-corrected chi connectivity index (χ1v) is 3.07. The second kappa shape index (κ2) is 129. The van der Waals surface area contributed by atoms with Crippen molar-refractivity contribution in [3.63, 3.8) is 0 Å². The first-order chi connectivity index (χ1) is 5.83. The van der Waals surface area contributed by atoms with Crippen molar-refractivity contribution in [3.05, 3.63) is 64.3 Å². The fourth-order valence-electron chi connectivity index (χ4n) is 0. The van der Waals surface area contributed by atoms with E-state index in [4.69, 9.17) is 5.26 Å². The number of hydrogen-bond acceptors (Lipinski definition) is 1. The van der Waals surface area contributed by atoms with Gasteiger partial charge in [0.25, 0.3) is 0 Å². The van der Waals surface area contributed by atoms with Gasteiger partial charge in [0.1, 0.15) is 0 Å². The van der Waals surface area contributed by atoms with E-state index in [9.17, 15) is 0 Å². The van der Waals surface area contributed by atoms with Gasteiger partial charge in [-0.15, -0.1) is 26.3 Å². The highest BCUT2D eigenvalue weighted by atomic mass is 14.2. The van der Waals surface area contributed by atoms with Gasteiger partial charge in [0.15, 0.2) is 0 Å². The van der Waals surface area contributed by atoms with Crippen LogP contribution in [0.25, 0.3) is 0 Å². The smallest absolute Gasteiger partial charge is 0.0905 e. The largest absolute Gasteiger partial charge is 0.193 e. The minimum absolute atomic E-state index is 1.18. The molecule has 0 heterocycles. The molecule has 0 spiro atoms. The Kier molecular flexibility index (Phi) is 241. The van der Waals surface area contributed by atoms with E-state index in [1.54, 1.807) is 18.2 Å². The van der Waals surface area contributed by atoms with E-state index >= 15 is 0 Å². The molecule has 0 rings (SSSR count). The predicted octanol–water partition coefficient (Wildman–Crippen LogP) is 3.66. The maximum Gasteiger partial charge on any atom is 0.0905 e. The zero-order chi connectivity index (χ0) is 10.8. The van der Waals surface area contributed by atoms with Crippen LogP contribution in [0.5, 0.6) is 0 Å². The molecule has 0 aliphatic rings. The summed E-state index contributed by atoms with van der Waals surface area (Å²) in [7, 11) is 0. The molecule has 0 bridgehead atoms. The maximum absolute atomic E-state index is 7.51. The molecule has 0 amide bonds. The standard InChI is InChI=1S/C4H6.C3H3N.2C2H4/c1-3-4-2;1-2-3-4;2*1-2/h3-4H,1-2H2;2H,1H2;2*1-2H2. The number of allylic oxidation sites excluding steroid dienone is 3. The Balaban J connectivity index is -0.0000000380. The fourth-order valence-corrected chi connectivity index (χ4v) is 0. The summed E-state index contributed by atoms with van der Waals surface area (Å²) in [4.78, 5) is 0. The molecule has 1 nitrogen and oxygen atoms in total. The Morgan fingerprint density at radius 2 is 1.00 bits per heavy atom. The van der Waals surface area contributed by atoms with Crippen LogP contribution in [0.2, 0.25) is 0 Å². The Bertz CT molecular complexity index is 120. The van der Waals surface area contributed by atoms with E-state index in [1.807, 2.05) is 0 Å². The predicted molar refractivity (Wildman–Crippen MR) is 58.7 cm³/mol. The van der Waals surface area contributed by atoms with Crippen LogP contribution in [0.1, 0.15) is 0 Å².